The van der Waals surface area contributed by atoms with Crippen LogP contribution >= 0.6 is 0 Å². The molecule has 0 spiro atoms. The van der Waals surface area contributed by atoms with E-state index in [0.717, 1.165) is 11.4 Å². The van der Waals surface area contributed by atoms with Crippen LogP contribution in [-0.4, -0.2) is 9.13 Å². The molecule has 2 nitrogen and oxygen atoms in total. The zero-order valence-electron chi connectivity index (χ0n) is 36.1. The minimum atomic E-state index is 1.14. The molecule has 2 aliphatic rings. The third kappa shape index (κ3) is 6.11. The Labute approximate surface area is 384 Å². The quantitative estimate of drug-likeness (QED) is 0.144. The van der Waals surface area contributed by atoms with Gasteiger partial charge in [-0.3, -0.25) is 0 Å². The third-order valence-corrected chi connectivity index (χ3v) is 13.5. The van der Waals surface area contributed by atoms with Gasteiger partial charge in [0.25, 0.3) is 0 Å². The van der Waals surface area contributed by atoms with Crippen LogP contribution in [0.4, 0.5) is 0 Å². The summed E-state index contributed by atoms with van der Waals surface area (Å²) in [6.07, 6.45) is 4.40. The summed E-state index contributed by atoms with van der Waals surface area (Å²) in [6, 6.07) is 89.0. The Balaban J connectivity index is 1.19. The molecule has 13 rings (SSSR count). The first-order chi connectivity index (χ1) is 32.8. The SMILES string of the molecule is c1ccc(C2=C3C(=C(c4ccccc4)c4cc(-c5ccccc5)c(-c5ccccc5)cc43)C(c3ccc4ccn(-c5ccccc5)c4c3)=C2c2ccc3ccn(-c4ccccc4)c3c2)cc1. The average Bonchev–Trinajstić information content (AvgIpc) is 4.18. The van der Waals surface area contributed by atoms with E-state index in [2.05, 4.69) is 264 Å². The van der Waals surface area contributed by atoms with Crippen LogP contribution in [-0.2, 0) is 0 Å². The van der Waals surface area contributed by atoms with Gasteiger partial charge in [0.05, 0.1) is 11.0 Å². The van der Waals surface area contributed by atoms with Gasteiger partial charge in [0.2, 0.25) is 0 Å². The van der Waals surface area contributed by atoms with E-state index in [1.165, 1.54) is 111 Å². The van der Waals surface area contributed by atoms with Crippen LogP contribution in [0, 0.1) is 0 Å². The number of rotatable bonds is 8. The zero-order valence-corrected chi connectivity index (χ0v) is 36.1. The molecule has 66 heavy (non-hydrogen) atoms. The van der Waals surface area contributed by atoms with Crippen molar-refractivity contribution < 1.29 is 0 Å². The maximum Gasteiger partial charge on any atom is 0.0534 e. The average molecular weight is 839 g/mol. The fourth-order valence-corrected chi connectivity index (χ4v) is 10.6. The lowest BCUT2D eigenvalue weighted by atomic mass is 9.84. The Morgan fingerprint density at radius 2 is 0.561 bits per heavy atom. The van der Waals surface area contributed by atoms with Crippen molar-refractivity contribution in [3.05, 3.63) is 294 Å². The third-order valence-electron chi connectivity index (χ3n) is 13.5. The molecule has 0 bridgehead atoms. The van der Waals surface area contributed by atoms with Crippen molar-refractivity contribution >= 4 is 49.7 Å². The monoisotopic (exact) mass is 838 g/mol. The lowest BCUT2D eigenvalue weighted by molar-refractivity contribution is 1.13. The lowest BCUT2D eigenvalue weighted by Gasteiger charge is -2.19. The van der Waals surface area contributed by atoms with Gasteiger partial charge in [-0.25, -0.2) is 0 Å². The van der Waals surface area contributed by atoms with Crippen molar-refractivity contribution in [2.75, 3.05) is 0 Å². The minimum Gasteiger partial charge on any atom is -0.317 e. The summed E-state index contributed by atoms with van der Waals surface area (Å²) in [5.74, 6) is 0. The molecule has 0 saturated heterocycles. The summed E-state index contributed by atoms with van der Waals surface area (Å²) in [4.78, 5) is 0. The number of aromatic nitrogens is 2. The van der Waals surface area contributed by atoms with E-state index in [4.69, 9.17) is 0 Å². The molecule has 9 aromatic carbocycles. The lowest BCUT2D eigenvalue weighted by Crippen LogP contribution is -1.98. The molecule has 0 radical (unpaired) electrons. The number of para-hydroxylation sites is 2. The number of allylic oxidation sites excluding steroid dienone is 5. The zero-order chi connectivity index (χ0) is 43.6. The van der Waals surface area contributed by atoms with E-state index in [0.29, 0.717) is 0 Å². The van der Waals surface area contributed by atoms with E-state index in [9.17, 15) is 0 Å². The molecule has 2 heterocycles. The molecule has 0 amide bonds. The first kappa shape index (κ1) is 37.8. The van der Waals surface area contributed by atoms with Gasteiger partial charge in [0.1, 0.15) is 0 Å². The molecule has 2 aromatic heterocycles. The summed E-state index contributed by atoms with van der Waals surface area (Å²) in [5, 5.41) is 2.41. The first-order valence-corrected chi connectivity index (χ1v) is 22.7. The normalized spacial score (nSPS) is 13.3. The van der Waals surface area contributed by atoms with Crippen LogP contribution in [0.5, 0.6) is 0 Å². The highest BCUT2D eigenvalue weighted by Crippen LogP contribution is 2.62. The molecule has 0 saturated carbocycles. The molecular weight excluding hydrogens is 797 g/mol. The number of hydrogen-bond donors (Lipinski definition) is 0. The molecule has 11 aromatic rings. The Morgan fingerprint density at radius 3 is 1.00 bits per heavy atom. The van der Waals surface area contributed by atoms with Crippen LogP contribution in [0.3, 0.4) is 0 Å². The van der Waals surface area contributed by atoms with Gasteiger partial charge in [-0.2, -0.15) is 0 Å². The van der Waals surface area contributed by atoms with Gasteiger partial charge in [-0.15, -0.1) is 0 Å². The van der Waals surface area contributed by atoms with Crippen LogP contribution in [0.15, 0.2) is 261 Å². The van der Waals surface area contributed by atoms with Crippen molar-refractivity contribution in [3.63, 3.8) is 0 Å². The Bertz CT molecular complexity index is 3740. The highest BCUT2D eigenvalue weighted by molar-refractivity contribution is 6.39. The van der Waals surface area contributed by atoms with Gasteiger partial charge in [0.15, 0.2) is 0 Å². The van der Waals surface area contributed by atoms with Crippen LogP contribution in [0.1, 0.15) is 33.4 Å². The van der Waals surface area contributed by atoms with Crippen molar-refractivity contribution in [1.82, 2.24) is 9.13 Å². The van der Waals surface area contributed by atoms with Crippen molar-refractivity contribution in [1.29, 1.82) is 0 Å². The van der Waals surface area contributed by atoms with E-state index >= 15 is 0 Å². The fourth-order valence-electron chi connectivity index (χ4n) is 10.6. The van der Waals surface area contributed by atoms with Gasteiger partial charge in [0, 0.05) is 23.8 Å². The number of nitrogens with zero attached hydrogens (tertiary/aromatic N) is 2. The van der Waals surface area contributed by atoms with E-state index in [-0.39, 0.29) is 0 Å². The fraction of sp³-hybridized carbons (Fsp3) is 0. The molecular formula is C64H42N2. The molecule has 308 valence electrons. The second-order valence-electron chi connectivity index (χ2n) is 17.2. The smallest absolute Gasteiger partial charge is 0.0534 e. The highest BCUT2D eigenvalue weighted by atomic mass is 15.0. The van der Waals surface area contributed by atoms with Gasteiger partial charge >= 0.3 is 0 Å². The Morgan fingerprint density at radius 1 is 0.212 bits per heavy atom. The van der Waals surface area contributed by atoms with Crippen LogP contribution < -0.4 is 0 Å². The Hall–Kier alpha value is -8.72. The number of hydrogen-bond acceptors (Lipinski definition) is 0. The van der Waals surface area contributed by atoms with E-state index in [1.54, 1.807) is 0 Å². The molecule has 0 fully saturated rings. The summed E-state index contributed by atoms with van der Waals surface area (Å²) in [6.45, 7) is 0. The topological polar surface area (TPSA) is 9.86 Å². The van der Waals surface area contributed by atoms with E-state index in [1.807, 2.05) is 0 Å². The predicted molar refractivity (Wildman–Crippen MR) is 276 cm³/mol. The van der Waals surface area contributed by atoms with Gasteiger partial charge < -0.3 is 9.13 Å². The largest absolute Gasteiger partial charge is 0.317 e. The summed E-state index contributed by atoms with van der Waals surface area (Å²) in [7, 11) is 0. The van der Waals surface area contributed by atoms with Crippen molar-refractivity contribution in [2.45, 2.75) is 0 Å². The summed E-state index contributed by atoms with van der Waals surface area (Å²) >= 11 is 0. The highest BCUT2D eigenvalue weighted by Gasteiger charge is 2.41. The Kier molecular flexibility index (Phi) is 8.89. The second-order valence-corrected chi connectivity index (χ2v) is 17.2. The standard InChI is InChI=1S/C64H42N2/c1-7-19-43(20-8-1)53-41-55-56(42-54(53)44-21-9-2-10-22-44)63-60(48-25-13-4-14-26-48)61(49-33-31-45-35-37-65(57(45)39-49)51-27-15-5-16-28-51)62(64(63)59(55)47-23-11-3-12-24-47)50-34-32-46-36-38-66(58(46)40-50)52-29-17-6-18-30-52/h1-42H. The summed E-state index contributed by atoms with van der Waals surface area (Å²) < 4.78 is 4.65. The molecule has 2 heteroatoms. The van der Waals surface area contributed by atoms with Crippen LogP contribution in [0.2, 0.25) is 0 Å². The maximum atomic E-state index is 2.50. The van der Waals surface area contributed by atoms with Gasteiger partial charge in [-0.05, 0) is 161 Å². The molecule has 2 aliphatic carbocycles. The van der Waals surface area contributed by atoms with Crippen molar-refractivity contribution in [3.8, 4) is 33.6 Å². The minimum absolute atomic E-state index is 1.14. The predicted octanol–water partition coefficient (Wildman–Crippen LogP) is 16.3. The number of fused-ring (bicyclic) bond motifs is 5. The van der Waals surface area contributed by atoms with Crippen molar-refractivity contribution in [2.24, 2.45) is 0 Å². The molecule has 0 N–H and O–H groups in total. The van der Waals surface area contributed by atoms with E-state index < -0.39 is 0 Å². The van der Waals surface area contributed by atoms with Crippen LogP contribution in [0.25, 0.3) is 83.3 Å². The molecule has 0 unspecified atom stereocenters. The summed E-state index contributed by atoms with van der Waals surface area (Å²) in [5.41, 5.74) is 24.2. The first-order valence-electron chi connectivity index (χ1n) is 22.7. The van der Waals surface area contributed by atoms with Gasteiger partial charge in [-0.1, -0.05) is 182 Å². The molecule has 0 atom stereocenters. The number of benzene rings is 9. The maximum absolute atomic E-state index is 2.50. The molecule has 0 aliphatic heterocycles. The second kappa shape index (κ2) is 15.5.